The first kappa shape index (κ1) is 19.4. The number of rotatable bonds is 9. The Hall–Kier alpha value is 0.420. The minimum absolute atomic E-state index is 0.235. The van der Waals surface area contributed by atoms with E-state index in [4.69, 9.17) is 19.0 Å². The predicted molar refractivity (Wildman–Crippen MR) is 79.5 cm³/mol. The molecule has 0 aromatic carbocycles. The molecule has 2 atom stereocenters. The Bertz CT molecular complexity index is 315. The van der Waals surface area contributed by atoms with Crippen LogP contribution >= 0.6 is 20.5 Å². The van der Waals surface area contributed by atoms with Crippen molar-refractivity contribution in [2.45, 2.75) is 70.3 Å². The molecule has 0 spiro atoms. The van der Waals surface area contributed by atoms with E-state index in [1.165, 1.54) is 0 Å². The molecule has 19 heavy (non-hydrogen) atoms. The van der Waals surface area contributed by atoms with Crippen molar-refractivity contribution in [3.05, 3.63) is 0 Å². The largest absolute Gasteiger partial charge is 0.470 e. The van der Waals surface area contributed by atoms with E-state index in [2.05, 4.69) is 12.6 Å². The third kappa shape index (κ3) is 9.88. The lowest BCUT2D eigenvalue weighted by Crippen LogP contribution is -2.33. The fourth-order valence-corrected chi connectivity index (χ4v) is 3.12. The molecule has 0 heterocycles. The summed E-state index contributed by atoms with van der Waals surface area (Å²) in [7, 11) is -4.48. The Morgan fingerprint density at radius 2 is 1.84 bits per heavy atom. The third-order valence-electron chi connectivity index (χ3n) is 3.00. The molecule has 0 amide bonds. The molecule has 0 saturated heterocycles. The van der Waals surface area contributed by atoms with E-state index in [0.29, 0.717) is 19.4 Å². The molecule has 0 aromatic heterocycles. The van der Waals surface area contributed by atoms with E-state index in [0.717, 1.165) is 6.42 Å². The van der Waals surface area contributed by atoms with Gasteiger partial charge in [-0.2, -0.15) is 12.6 Å². The standard InChI is InChI=1S/C12H27O5PS/c1-6-12(5,17-18(13,14)15)7-8-16-11(3,4)9-10(2)19/h10,19H,6-9H2,1-5H3,(H2,13,14,15). The van der Waals surface area contributed by atoms with Crippen molar-refractivity contribution < 1.29 is 23.6 Å². The molecule has 0 bridgehead atoms. The molecule has 0 radical (unpaired) electrons. The molecule has 0 aromatic rings. The van der Waals surface area contributed by atoms with Crippen molar-refractivity contribution >= 4 is 20.5 Å². The maximum absolute atomic E-state index is 10.9. The number of phosphoric ester groups is 1. The fourth-order valence-electron chi connectivity index (χ4n) is 1.89. The van der Waals surface area contributed by atoms with Crippen LogP contribution in [0.4, 0.5) is 0 Å². The molecule has 5 nitrogen and oxygen atoms in total. The Labute approximate surface area is 121 Å². The Balaban J connectivity index is 4.33. The van der Waals surface area contributed by atoms with Crippen LogP contribution in [-0.4, -0.2) is 32.8 Å². The first-order valence-electron chi connectivity index (χ1n) is 6.47. The lowest BCUT2D eigenvalue weighted by Gasteiger charge is -2.32. The summed E-state index contributed by atoms with van der Waals surface area (Å²) in [5.74, 6) is 0. The number of phosphoric acid groups is 1. The minimum atomic E-state index is -4.48. The first-order valence-corrected chi connectivity index (χ1v) is 8.52. The summed E-state index contributed by atoms with van der Waals surface area (Å²) < 4.78 is 21.5. The predicted octanol–water partition coefficient (Wildman–Crippen LogP) is 3.16. The molecular weight excluding hydrogens is 287 g/mol. The molecule has 0 aliphatic carbocycles. The number of hydrogen-bond donors (Lipinski definition) is 3. The SMILES string of the molecule is CCC(C)(CCOC(C)(C)CC(C)S)OP(=O)(O)O. The van der Waals surface area contributed by atoms with Crippen molar-refractivity contribution in [3.8, 4) is 0 Å². The summed E-state index contributed by atoms with van der Waals surface area (Å²) >= 11 is 4.34. The number of hydrogen-bond acceptors (Lipinski definition) is 4. The minimum Gasteiger partial charge on any atom is -0.375 e. The molecule has 0 saturated carbocycles. The van der Waals surface area contributed by atoms with E-state index in [9.17, 15) is 4.57 Å². The maximum atomic E-state index is 10.9. The van der Waals surface area contributed by atoms with E-state index in [-0.39, 0.29) is 10.9 Å². The Kier molecular flexibility index (Phi) is 7.60. The van der Waals surface area contributed by atoms with Gasteiger partial charge in [-0.3, -0.25) is 4.52 Å². The van der Waals surface area contributed by atoms with Gasteiger partial charge in [0.25, 0.3) is 0 Å². The van der Waals surface area contributed by atoms with Gasteiger partial charge in [0.15, 0.2) is 0 Å². The fraction of sp³-hybridized carbons (Fsp3) is 1.00. The van der Waals surface area contributed by atoms with Crippen LogP contribution in [0.1, 0.15) is 53.9 Å². The highest BCUT2D eigenvalue weighted by Crippen LogP contribution is 2.43. The van der Waals surface area contributed by atoms with E-state index in [1.807, 2.05) is 27.7 Å². The third-order valence-corrected chi connectivity index (χ3v) is 3.86. The molecule has 0 aliphatic rings. The van der Waals surface area contributed by atoms with Gasteiger partial charge in [0, 0.05) is 11.7 Å². The van der Waals surface area contributed by atoms with Gasteiger partial charge in [0.05, 0.1) is 17.8 Å². The van der Waals surface area contributed by atoms with Gasteiger partial charge < -0.3 is 14.5 Å². The van der Waals surface area contributed by atoms with Gasteiger partial charge >= 0.3 is 7.82 Å². The monoisotopic (exact) mass is 314 g/mol. The van der Waals surface area contributed by atoms with Crippen molar-refractivity contribution in [3.63, 3.8) is 0 Å². The molecule has 0 aliphatic heterocycles. The maximum Gasteiger partial charge on any atom is 0.470 e. The summed E-state index contributed by atoms with van der Waals surface area (Å²) in [5.41, 5.74) is -1.18. The molecule has 7 heteroatoms. The lowest BCUT2D eigenvalue weighted by molar-refractivity contribution is -0.0530. The Morgan fingerprint density at radius 1 is 1.32 bits per heavy atom. The van der Waals surface area contributed by atoms with Gasteiger partial charge in [-0.25, -0.2) is 4.57 Å². The lowest BCUT2D eigenvalue weighted by atomic mass is 9.99. The van der Waals surface area contributed by atoms with Gasteiger partial charge in [0.2, 0.25) is 0 Å². The summed E-state index contributed by atoms with van der Waals surface area (Å²) in [6, 6.07) is 0. The second-order valence-electron chi connectivity index (χ2n) is 5.80. The quantitative estimate of drug-likeness (QED) is 0.450. The zero-order valence-corrected chi connectivity index (χ0v) is 14.2. The molecule has 116 valence electrons. The highest BCUT2D eigenvalue weighted by molar-refractivity contribution is 7.80. The Morgan fingerprint density at radius 3 is 2.21 bits per heavy atom. The van der Waals surface area contributed by atoms with Gasteiger partial charge in [-0.05, 0) is 33.6 Å². The summed E-state index contributed by atoms with van der Waals surface area (Å²) in [6.45, 7) is 9.86. The average molecular weight is 314 g/mol. The summed E-state index contributed by atoms with van der Waals surface area (Å²) in [6.07, 6.45) is 1.74. The summed E-state index contributed by atoms with van der Waals surface area (Å²) in [5, 5.41) is 0.235. The van der Waals surface area contributed by atoms with Gasteiger partial charge in [0.1, 0.15) is 0 Å². The summed E-state index contributed by atoms with van der Waals surface area (Å²) in [4.78, 5) is 17.8. The van der Waals surface area contributed by atoms with Crippen LogP contribution in [0.15, 0.2) is 0 Å². The molecule has 2 N–H and O–H groups in total. The normalized spacial score (nSPS) is 18.1. The van der Waals surface area contributed by atoms with Crippen LogP contribution < -0.4 is 0 Å². The number of thiol groups is 1. The van der Waals surface area contributed by atoms with Crippen LogP contribution in [0.2, 0.25) is 0 Å². The van der Waals surface area contributed by atoms with E-state index in [1.54, 1.807) is 6.92 Å². The second kappa shape index (κ2) is 7.43. The first-order chi connectivity index (χ1) is 8.39. The topological polar surface area (TPSA) is 76.0 Å². The van der Waals surface area contributed by atoms with Crippen molar-refractivity contribution in [1.29, 1.82) is 0 Å². The zero-order valence-electron chi connectivity index (χ0n) is 12.4. The second-order valence-corrected chi connectivity index (χ2v) is 7.84. The smallest absolute Gasteiger partial charge is 0.375 e. The van der Waals surface area contributed by atoms with Crippen molar-refractivity contribution in [1.82, 2.24) is 0 Å². The molecule has 0 fully saturated rings. The molecular formula is C12H27O5PS. The van der Waals surface area contributed by atoms with Gasteiger partial charge in [-0.15, -0.1) is 0 Å². The molecule has 2 unspecified atom stereocenters. The van der Waals surface area contributed by atoms with E-state index >= 15 is 0 Å². The van der Waals surface area contributed by atoms with Gasteiger partial charge in [-0.1, -0.05) is 13.8 Å². The van der Waals surface area contributed by atoms with E-state index < -0.39 is 13.4 Å². The highest BCUT2D eigenvalue weighted by atomic mass is 32.1. The van der Waals surface area contributed by atoms with Crippen LogP contribution in [0.5, 0.6) is 0 Å². The van der Waals surface area contributed by atoms with Crippen LogP contribution in [0, 0.1) is 0 Å². The molecule has 0 rings (SSSR count). The van der Waals surface area contributed by atoms with Crippen molar-refractivity contribution in [2.24, 2.45) is 0 Å². The van der Waals surface area contributed by atoms with Crippen molar-refractivity contribution in [2.75, 3.05) is 6.61 Å². The van der Waals surface area contributed by atoms with Crippen LogP contribution in [-0.2, 0) is 13.8 Å². The highest BCUT2D eigenvalue weighted by Gasteiger charge is 2.32. The van der Waals surface area contributed by atoms with Crippen LogP contribution in [0.25, 0.3) is 0 Å². The van der Waals surface area contributed by atoms with Crippen LogP contribution in [0.3, 0.4) is 0 Å². The average Bonchev–Trinajstić information content (AvgIpc) is 2.12. The number of ether oxygens (including phenoxy) is 1. The zero-order chi connectivity index (χ0) is 15.3.